The number of hydrogen-bond acceptors (Lipinski definition) is 5. The average Bonchev–Trinajstić information content (AvgIpc) is 3.75. The zero-order valence-corrected chi connectivity index (χ0v) is 31.6. The van der Waals surface area contributed by atoms with Crippen molar-refractivity contribution in [1.82, 2.24) is 29.1 Å². The molecule has 0 atom stereocenters. The van der Waals surface area contributed by atoms with E-state index < -0.39 is 0 Å². The molecule has 0 spiro atoms. The normalized spacial score (nSPS) is 11.9. The van der Waals surface area contributed by atoms with Crippen LogP contribution in [0.15, 0.2) is 158 Å². The van der Waals surface area contributed by atoms with Gasteiger partial charge in [-0.1, -0.05) is 124 Å². The maximum atomic E-state index is 6.85. The van der Waals surface area contributed by atoms with Crippen molar-refractivity contribution in [3.05, 3.63) is 170 Å². The Balaban J connectivity index is 0.00000397. The molecule has 6 aromatic carbocycles. The van der Waals surface area contributed by atoms with Crippen LogP contribution in [0.25, 0.3) is 61.8 Å². The third-order valence-corrected chi connectivity index (χ3v) is 9.44. The number of aromatic nitrogens is 5. The van der Waals surface area contributed by atoms with Crippen LogP contribution in [0.3, 0.4) is 0 Å². The van der Waals surface area contributed by atoms with Crippen molar-refractivity contribution < 1.29 is 30.4 Å². The molecule has 0 radical (unpaired) electrons. The number of benzene rings is 6. The summed E-state index contributed by atoms with van der Waals surface area (Å²) in [6, 6.07) is 60.8. The zero-order chi connectivity index (χ0) is 36.0. The zero-order valence-electron chi connectivity index (χ0n) is 29.4. The third-order valence-electron chi connectivity index (χ3n) is 9.44. The van der Waals surface area contributed by atoms with Gasteiger partial charge < -0.3 is 9.30 Å². The monoisotopic (exact) mass is 890 g/mol. The molecular formula is C46H29N7OPt+2. The van der Waals surface area contributed by atoms with Crippen molar-refractivity contribution in [2.75, 3.05) is 7.05 Å². The van der Waals surface area contributed by atoms with Gasteiger partial charge in [-0.15, -0.1) is 23.6 Å². The minimum atomic E-state index is 0. The molecule has 1 aliphatic heterocycles. The molecule has 0 aliphatic carbocycles. The molecule has 0 N–H and O–H groups in total. The molecule has 3 aromatic heterocycles. The fourth-order valence-corrected chi connectivity index (χ4v) is 6.93. The van der Waals surface area contributed by atoms with Crippen LogP contribution in [0, 0.1) is 12.1 Å². The van der Waals surface area contributed by atoms with E-state index in [2.05, 4.69) is 53.0 Å². The molecular weight excluding hydrogens is 862 g/mol. The summed E-state index contributed by atoms with van der Waals surface area (Å²) in [5.41, 5.74) is 7.06. The number of hydrogen-bond donors (Lipinski definition) is 0. The molecule has 262 valence electrons. The predicted octanol–water partition coefficient (Wildman–Crippen LogP) is 10.1. The summed E-state index contributed by atoms with van der Waals surface area (Å²) in [6.07, 6.45) is 1.80. The van der Waals surface area contributed by atoms with E-state index in [1.807, 2.05) is 138 Å². The largest absolute Gasteiger partial charge is 2.00 e. The van der Waals surface area contributed by atoms with Gasteiger partial charge in [-0.3, -0.25) is 0 Å². The predicted molar refractivity (Wildman–Crippen MR) is 211 cm³/mol. The minimum Gasteiger partial charge on any atom is -0.508 e. The summed E-state index contributed by atoms with van der Waals surface area (Å²) in [5, 5.41) is 2.00. The first-order chi connectivity index (χ1) is 26.7. The first kappa shape index (κ1) is 34.0. The molecule has 0 fully saturated rings. The Morgan fingerprint density at radius 3 is 2.00 bits per heavy atom. The van der Waals surface area contributed by atoms with E-state index in [9.17, 15) is 0 Å². The Morgan fingerprint density at radius 1 is 0.618 bits per heavy atom. The van der Waals surface area contributed by atoms with Crippen LogP contribution < -0.4 is 9.31 Å². The summed E-state index contributed by atoms with van der Waals surface area (Å²) < 4.78 is 12.9. The third kappa shape index (κ3) is 6.14. The van der Waals surface area contributed by atoms with Crippen molar-refractivity contribution in [3.8, 4) is 51.5 Å². The summed E-state index contributed by atoms with van der Waals surface area (Å²) in [4.78, 5) is 19.9. The van der Waals surface area contributed by atoms with Gasteiger partial charge >= 0.3 is 27.1 Å². The van der Waals surface area contributed by atoms with Crippen LogP contribution in [0.4, 0.5) is 17.1 Å². The second-order valence-electron chi connectivity index (χ2n) is 12.8. The van der Waals surface area contributed by atoms with E-state index >= 15 is 0 Å². The molecule has 10 rings (SSSR count). The molecule has 0 saturated carbocycles. The van der Waals surface area contributed by atoms with Crippen molar-refractivity contribution in [1.29, 1.82) is 0 Å². The van der Waals surface area contributed by atoms with Crippen LogP contribution >= 0.6 is 0 Å². The fraction of sp³-hybridized carbons (Fsp3) is 0.0217. The van der Waals surface area contributed by atoms with Crippen molar-refractivity contribution in [2.45, 2.75) is 0 Å². The number of pyridine rings is 1. The van der Waals surface area contributed by atoms with E-state index in [0.29, 0.717) is 34.5 Å². The molecule has 9 aromatic rings. The smallest absolute Gasteiger partial charge is 0.508 e. The van der Waals surface area contributed by atoms with Crippen molar-refractivity contribution >= 4 is 44.9 Å². The van der Waals surface area contributed by atoms with Gasteiger partial charge in [0.15, 0.2) is 18.7 Å². The SMILES string of the molecule is C[N+]1=C=[N+](c2[c-]c(Oc3[c-]c4c(cc3-c3nc(-c5ccccc5)nc(-c5ccccc5)n3)c3ccccc3n4-c3ccccn3)ccc2)c2ccccc21.[Pt+2]. The number of ether oxygens (including phenoxy) is 1. The van der Waals surface area contributed by atoms with Gasteiger partial charge in [-0.2, -0.15) is 6.07 Å². The second kappa shape index (κ2) is 14.2. The van der Waals surface area contributed by atoms with E-state index in [-0.39, 0.29) is 21.1 Å². The molecule has 0 amide bonds. The van der Waals surface area contributed by atoms with Crippen LogP contribution in [0.2, 0.25) is 0 Å². The quantitative estimate of drug-likeness (QED) is 0.118. The van der Waals surface area contributed by atoms with E-state index in [1.165, 1.54) is 0 Å². The van der Waals surface area contributed by atoms with Crippen molar-refractivity contribution in [2.24, 2.45) is 0 Å². The van der Waals surface area contributed by atoms with Gasteiger partial charge in [0, 0.05) is 46.5 Å². The fourth-order valence-electron chi connectivity index (χ4n) is 6.93. The molecule has 1 aliphatic rings. The standard InChI is InChI=1S/C46H29N7O.Pt/c1-51-30-52(40-24-11-10-23-39(40)51)33-19-14-20-34(27-33)54-42-29-41-36(35-21-8-9-22-38(35)53(41)43-25-12-13-26-47-43)28-37(42)46-49-44(31-15-4-2-5-16-31)48-45(50-46)32-17-6-3-7-18-32;/h2-26,28H,1H3;/q;+2. The summed E-state index contributed by atoms with van der Waals surface area (Å²) in [7, 11) is 1.98. The number of fused-ring (bicyclic) bond motifs is 4. The Kier molecular flexibility index (Phi) is 8.75. The molecule has 4 heterocycles. The summed E-state index contributed by atoms with van der Waals surface area (Å²) in [5.74, 6) is 3.27. The van der Waals surface area contributed by atoms with Gasteiger partial charge in [0.05, 0.1) is 0 Å². The molecule has 8 nitrogen and oxygen atoms in total. The van der Waals surface area contributed by atoms with Crippen LogP contribution in [-0.2, 0) is 21.1 Å². The second-order valence-corrected chi connectivity index (χ2v) is 12.8. The maximum absolute atomic E-state index is 6.85. The van der Waals surface area contributed by atoms with Gasteiger partial charge in [0.2, 0.25) is 0 Å². The van der Waals surface area contributed by atoms with Crippen LogP contribution in [-0.4, -0.2) is 42.1 Å². The first-order valence-electron chi connectivity index (χ1n) is 17.6. The number of rotatable bonds is 7. The van der Waals surface area contributed by atoms with Crippen molar-refractivity contribution in [3.63, 3.8) is 0 Å². The van der Waals surface area contributed by atoms with Gasteiger partial charge in [0.25, 0.3) is 11.4 Å². The van der Waals surface area contributed by atoms with Crippen LogP contribution in [0.5, 0.6) is 11.5 Å². The first-order valence-corrected chi connectivity index (χ1v) is 17.6. The molecule has 0 unspecified atom stereocenters. The van der Waals surface area contributed by atoms with Crippen LogP contribution in [0.1, 0.15) is 0 Å². The Bertz CT molecular complexity index is 2900. The van der Waals surface area contributed by atoms with Gasteiger partial charge in [-0.25, -0.2) is 19.9 Å². The number of nitrogens with zero attached hydrogens (tertiary/aromatic N) is 7. The Morgan fingerprint density at radius 2 is 1.27 bits per heavy atom. The molecule has 0 saturated heterocycles. The average molecular weight is 891 g/mol. The van der Waals surface area contributed by atoms with E-state index in [4.69, 9.17) is 24.7 Å². The maximum Gasteiger partial charge on any atom is 2.00 e. The molecule has 9 heteroatoms. The topological polar surface area (TPSA) is 71.7 Å². The van der Waals surface area contributed by atoms with Gasteiger partial charge in [-0.05, 0) is 29.1 Å². The Hall–Kier alpha value is -6.85. The summed E-state index contributed by atoms with van der Waals surface area (Å²) >= 11 is 0. The van der Waals surface area contributed by atoms with E-state index in [0.717, 1.165) is 55.8 Å². The molecule has 0 bridgehead atoms. The minimum absolute atomic E-state index is 0. The van der Waals surface area contributed by atoms with Gasteiger partial charge in [0.1, 0.15) is 17.3 Å². The Labute approximate surface area is 331 Å². The summed E-state index contributed by atoms with van der Waals surface area (Å²) in [6.45, 7) is 0. The van der Waals surface area contributed by atoms with E-state index in [1.54, 1.807) is 6.20 Å². The number of para-hydroxylation sites is 3. The molecule has 55 heavy (non-hydrogen) atoms.